The van der Waals surface area contributed by atoms with Crippen LogP contribution >= 0.6 is 0 Å². The van der Waals surface area contributed by atoms with Gasteiger partial charge in [-0.1, -0.05) is 0 Å². The van der Waals surface area contributed by atoms with Gasteiger partial charge in [-0.3, -0.25) is 5.32 Å². The molecular weight excluding hydrogens is 338 g/mol. The summed E-state index contributed by atoms with van der Waals surface area (Å²) >= 11 is 0. The number of carbonyl (C=O) groups is 1. The summed E-state index contributed by atoms with van der Waals surface area (Å²) in [6.45, 7) is 2.15. The van der Waals surface area contributed by atoms with Crippen molar-refractivity contribution in [2.24, 2.45) is 0 Å². The number of aromatic nitrogens is 3. The molecule has 0 bridgehead atoms. The van der Waals surface area contributed by atoms with Gasteiger partial charge in [-0.15, -0.1) is 0 Å². The lowest BCUT2D eigenvalue weighted by Gasteiger charge is -2.10. The summed E-state index contributed by atoms with van der Waals surface area (Å²) in [4.78, 5) is 19.7. The molecule has 0 aliphatic heterocycles. The van der Waals surface area contributed by atoms with Crippen LogP contribution in [-0.2, 0) is 16.6 Å². The fourth-order valence-corrected chi connectivity index (χ4v) is 2.94. The standard InChI is InChI=1S/C13H17N5O5S/c1-4-18-6-5-14-13(18)24(20,21)17-12(19)16-10-7-9(22-2)8-11(15-10)23-3/h5-8H,4H2,1-3H3,(H2,15,16,17,19). The van der Waals surface area contributed by atoms with Gasteiger partial charge in [0.05, 0.1) is 14.2 Å². The molecule has 0 saturated heterocycles. The molecule has 0 radical (unpaired) electrons. The first kappa shape index (κ1) is 17.5. The lowest BCUT2D eigenvalue weighted by molar-refractivity contribution is 0.256. The van der Waals surface area contributed by atoms with E-state index < -0.39 is 16.1 Å². The second-order valence-corrected chi connectivity index (χ2v) is 6.07. The molecular formula is C13H17N5O5S. The third-order valence-corrected chi connectivity index (χ3v) is 4.22. The van der Waals surface area contributed by atoms with Gasteiger partial charge in [0.1, 0.15) is 11.6 Å². The molecule has 0 saturated carbocycles. The third-order valence-electron chi connectivity index (χ3n) is 2.95. The van der Waals surface area contributed by atoms with Gasteiger partial charge in [0, 0.05) is 31.1 Å². The van der Waals surface area contributed by atoms with Gasteiger partial charge in [-0.2, -0.15) is 13.4 Å². The van der Waals surface area contributed by atoms with E-state index in [0.29, 0.717) is 12.3 Å². The summed E-state index contributed by atoms with van der Waals surface area (Å²) in [5.74, 6) is 0.660. The highest BCUT2D eigenvalue weighted by atomic mass is 32.2. The number of sulfonamides is 1. The van der Waals surface area contributed by atoms with Crippen molar-refractivity contribution < 1.29 is 22.7 Å². The number of ether oxygens (including phenoxy) is 2. The van der Waals surface area contributed by atoms with E-state index in [2.05, 4.69) is 15.3 Å². The number of hydrogen-bond acceptors (Lipinski definition) is 7. The highest BCUT2D eigenvalue weighted by Gasteiger charge is 2.23. The van der Waals surface area contributed by atoms with E-state index in [1.54, 1.807) is 6.92 Å². The maximum atomic E-state index is 12.2. The Morgan fingerprint density at radius 3 is 2.67 bits per heavy atom. The van der Waals surface area contributed by atoms with Gasteiger partial charge in [0.2, 0.25) is 11.0 Å². The molecule has 10 nitrogen and oxygen atoms in total. The minimum atomic E-state index is -4.11. The first-order chi connectivity index (χ1) is 11.4. The minimum absolute atomic E-state index is 0.0673. The number of nitrogens with one attached hydrogen (secondary N) is 2. The average Bonchev–Trinajstić information content (AvgIpc) is 3.03. The lowest BCUT2D eigenvalue weighted by atomic mass is 10.4. The van der Waals surface area contributed by atoms with Crippen molar-refractivity contribution in [3.05, 3.63) is 24.5 Å². The van der Waals surface area contributed by atoms with E-state index in [4.69, 9.17) is 9.47 Å². The van der Waals surface area contributed by atoms with E-state index in [1.807, 2.05) is 4.72 Å². The number of urea groups is 1. The number of methoxy groups -OCH3 is 2. The predicted molar refractivity (Wildman–Crippen MR) is 84.6 cm³/mol. The first-order valence-corrected chi connectivity index (χ1v) is 8.33. The molecule has 130 valence electrons. The van der Waals surface area contributed by atoms with Crippen molar-refractivity contribution in [3.63, 3.8) is 0 Å². The smallest absolute Gasteiger partial charge is 0.334 e. The normalized spacial score (nSPS) is 11.0. The Hall–Kier alpha value is -2.82. The van der Waals surface area contributed by atoms with Crippen molar-refractivity contribution in [1.82, 2.24) is 19.3 Å². The Morgan fingerprint density at radius 1 is 1.29 bits per heavy atom. The molecule has 2 aromatic rings. The van der Waals surface area contributed by atoms with Crippen LogP contribution in [0.4, 0.5) is 10.6 Å². The molecule has 2 rings (SSSR count). The van der Waals surface area contributed by atoms with E-state index in [9.17, 15) is 13.2 Å². The number of imidazole rings is 1. The number of anilines is 1. The second-order valence-electron chi connectivity index (χ2n) is 4.49. The van der Waals surface area contributed by atoms with Crippen LogP contribution in [0.15, 0.2) is 29.7 Å². The average molecular weight is 355 g/mol. The quantitative estimate of drug-likeness (QED) is 0.786. The zero-order chi connectivity index (χ0) is 17.7. The van der Waals surface area contributed by atoms with Gasteiger partial charge >= 0.3 is 6.03 Å². The zero-order valence-electron chi connectivity index (χ0n) is 13.3. The van der Waals surface area contributed by atoms with Gasteiger partial charge in [-0.05, 0) is 6.92 Å². The van der Waals surface area contributed by atoms with Crippen molar-refractivity contribution >= 4 is 21.9 Å². The Kier molecular flexibility index (Phi) is 5.24. The molecule has 2 N–H and O–H groups in total. The Balaban J connectivity index is 2.16. The highest BCUT2D eigenvalue weighted by molar-refractivity contribution is 7.89. The SMILES string of the molecule is CCn1ccnc1S(=O)(=O)NC(=O)Nc1cc(OC)cc(OC)n1. The number of aryl methyl sites for hydroxylation is 1. The molecule has 0 unspecified atom stereocenters. The molecule has 2 amide bonds. The lowest BCUT2D eigenvalue weighted by Crippen LogP contribution is -2.36. The van der Waals surface area contributed by atoms with Crippen LogP contribution in [0, 0.1) is 0 Å². The molecule has 0 spiro atoms. The van der Waals surface area contributed by atoms with Crippen molar-refractivity contribution in [3.8, 4) is 11.6 Å². The van der Waals surface area contributed by atoms with Crippen LogP contribution in [-0.4, -0.2) is 43.2 Å². The predicted octanol–water partition coefficient (Wildman–Crippen LogP) is 0.826. The van der Waals surface area contributed by atoms with Gasteiger partial charge in [0.25, 0.3) is 10.0 Å². The molecule has 0 aliphatic rings. The Bertz CT molecular complexity index is 811. The van der Waals surface area contributed by atoms with Crippen LogP contribution < -0.4 is 19.5 Å². The molecule has 0 aromatic carbocycles. The summed E-state index contributed by atoms with van der Waals surface area (Å²) in [7, 11) is -1.27. The van der Waals surface area contributed by atoms with E-state index in [1.165, 1.54) is 43.3 Å². The molecule has 0 fully saturated rings. The Morgan fingerprint density at radius 2 is 2.04 bits per heavy atom. The molecule has 0 atom stereocenters. The van der Waals surface area contributed by atoms with Crippen LogP contribution in [0.2, 0.25) is 0 Å². The third kappa shape index (κ3) is 3.93. The summed E-state index contributed by atoms with van der Waals surface area (Å²) in [6, 6.07) is 1.95. The summed E-state index contributed by atoms with van der Waals surface area (Å²) < 4.78 is 37.7. The summed E-state index contributed by atoms with van der Waals surface area (Å²) in [6.07, 6.45) is 2.84. The van der Waals surface area contributed by atoms with Crippen LogP contribution in [0.5, 0.6) is 11.6 Å². The number of carbonyl (C=O) groups excluding carboxylic acids is 1. The zero-order valence-corrected chi connectivity index (χ0v) is 14.1. The monoisotopic (exact) mass is 355 g/mol. The number of rotatable bonds is 6. The van der Waals surface area contributed by atoms with E-state index in [0.717, 1.165) is 0 Å². The van der Waals surface area contributed by atoms with Crippen molar-refractivity contribution in [1.29, 1.82) is 0 Å². The fourth-order valence-electron chi connectivity index (χ4n) is 1.86. The van der Waals surface area contributed by atoms with Crippen LogP contribution in [0.3, 0.4) is 0 Å². The molecule has 2 heterocycles. The number of nitrogens with zero attached hydrogens (tertiary/aromatic N) is 3. The van der Waals surface area contributed by atoms with E-state index >= 15 is 0 Å². The van der Waals surface area contributed by atoms with Crippen molar-refractivity contribution in [2.75, 3.05) is 19.5 Å². The van der Waals surface area contributed by atoms with Gasteiger partial charge in [0.15, 0.2) is 0 Å². The first-order valence-electron chi connectivity index (χ1n) is 6.84. The maximum Gasteiger partial charge on any atom is 0.334 e. The number of amides is 2. The molecule has 0 aliphatic carbocycles. The van der Waals surface area contributed by atoms with E-state index in [-0.39, 0.29) is 16.9 Å². The molecule has 11 heteroatoms. The number of pyridine rings is 1. The molecule has 2 aromatic heterocycles. The second kappa shape index (κ2) is 7.17. The maximum absolute atomic E-state index is 12.2. The van der Waals surface area contributed by atoms with Crippen LogP contribution in [0.25, 0.3) is 0 Å². The Labute approximate surface area is 138 Å². The summed E-state index contributed by atoms with van der Waals surface area (Å²) in [5.41, 5.74) is 0. The number of hydrogen-bond donors (Lipinski definition) is 2. The molecule has 24 heavy (non-hydrogen) atoms. The summed E-state index contributed by atoms with van der Waals surface area (Å²) in [5, 5.41) is 2.06. The highest BCUT2D eigenvalue weighted by Crippen LogP contribution is 2.21. The minimum Gasteiger partial charge on any atom is -0.496 e. The van der Waals surface area contributed by atoms with Gasteiger partial charge < -0.3 is 14.0 Å². The van der Waals surface area contributed by atoms with Gasteiger partial charge in [-0.25, -0.2) is 14.5 Å². The largest absolute Gasteiger partial charge is 0.496 e. The topological polar surface area (TPSA) is 124 Å². The fraction of sp³-hybridized carbons (Fsp3) is 0.308. The van der Waals surface area contributed by atoms with Crippen molar-refractivity contribution in [2.45, 2.75) is 18.6 Å². The van der Waals surface area contributed by atoms with Crippen LogP contribution in [0.1, 0.15) is 6.92 Å².